The number of ether oxygens (including phenoxy) is 1. The molecule has 1 N–H and O–H groups in total. The highest BCUT2D eigenvalue weighted by Gasteiger charge is 2.18. The van der Waals surface area contributed by atoms with E-state index in [1.165, 1.54) is 12.5 Å². The van der Waals surface area contributed by atoms with Crippen molar-refractivity contribution in [3.05, 3.63) is 24.7 Å². The van der Waals surface area contributed by atoms with Crippen molar-refractivity contribution in [2.45, 2.75) is 18.9 Å². The fraction of sp³-hybridized carbons (Fsp3) is 0.429. The Morgan fingerprint density at radius 3 is 2.33 bits per heavy atom. The molecular weight excluding hydrogens is 116 g/mol. The molecule has 1 heterocycles. The molecule has 2 nitrogen and oxygen atoms in total. The maximum atomic E-state index is 9.43. The summed E-state index contributed by atoms with van der Waals surface area (Å²) in [5.74, 6) is 0. The minimum atomic E-state index is -0.766. The Bertz CT molecular complexity index is 135. The largest absolute Gasteiger partial charge is 0.473 e. The van der Waals surface area contributed by atoms with Crippen LogP contribution >= 0.6 is 0 Å². The molecule has 1 aliphatic heterocycles. The van der Waals surface area contributed by atoms with E-state index in [9.17, 15) is 5.11 Å². The van der Waals surface area contributed by atoms with Gasteiger partial charge in [0.15, 0.2) is 0 Å². The second kappa shape index (κ2) is 2.23. The summed E-state index contributed by atoms with van der Waals surface area (Å²) in [7, 11) is 0. The van der Waals surface area contributed by atoms with E-state index in [0.29, 0.717) is 6.42 Å². The van der Waals surface area contributed by atoms with Crippen LogP contribution in [0.25, 0.3) is 0 Å². The highest BCUT2D eigenvalue weighted by molar-refractivity contribution is 5.13. The monoisotopic (exact) mass is 126 g/mol. The van der Waals surface area contributed by atoms with Gasteiger partial charge in [0.2, 0.25) is 0 Å². The van der Waals surface area contributed by atoms with Gasteiger partial charge in [-0.3, -0.25) is 0 Å². The first-order chi connectivity index (χ1) is 4.27. The van der Waals surface area contributed by atoms with Gasteiger partial charge in [-0.25, -0.2) is 0 Å². The Morgan fingerprint density at radius 1 is 1.44 bits per heavy atom. The van der Waals surface area contributed by atoms with E-state index in [2.05, 4.69) is 0 Å². The van der Waals surface area contributed by atoms with Gasteiger partial charge in [0.1, 0.15) is 5.60 Å². The maximum absolute atomic E-state index is 9.43. The second-order valence-electron chi connectivity index (χ2n) is 2.09. The molecule has 0 aromatic heterocycles. The van der Waals surface area contributed by atoms with Crippen LogP contribution in [0.3, 0.4) is 0 Å². The van der Waals surface area contributed by atoms with Crippen molar-refractivity contribution in [1.82, 2.24) is 0 Å². The third-order valence-electron chi connectivity index (χ3n) is 1.44. The van der Waals surface area contributed by atoms with Crippen LogP contribution in [0, 0.1) is 0 Å². The minimum Gasteiger partial charge on any atom is -0.473 e. The van der Waals surface area contributed by atoms with Gasteiger partial charge >= 0.3 is 0 Å². The van der Waals surface area contributed by atoms with Crippen molar-refractivity contribution in [1.29, 1.82) is 0 Å². The van der Waals surface area contributed by atoms with Crippen molar-refractivity contribution in [2.24, 2.45) is 0 Å². The van der Waals surface area contributed by atoms with Crippen LogP contribution in [-0.2, 0) is 4.74 Å². The lowest BCUT2D eigenvalue weighted by molar-refractivity contribution is 0.126. The summed E-state index contributed by atoms with van der Waals surface area (Å²) in [5.41, 5.74) is -0.766. The van der Waals surface area contributed by atoms with Gasteiger partial charge in [-0.1, -0.05) is 6.92 Å². The van der Waals surface area contributed by atoms with Crippen molar-refractivity contribution in [3.8, 4) is 0 Å². The summed E-state index contributed by atoms with van der Waals surface area (Å²) in [4.78, 5) is 0. The fourth-order valence-corrected chi connectivity index (χ4v) is 0.651. The van der Waals surface area contributed by atoms with Crippen LogP contribution in [0.5, 0.6) is 0 Å². The Labute approximate surface area is 54.5 Å². The van der Waals surface area contributed by atoms with Gasteiger partial charge in [-0.2, -0.15) is 0 Å². The number of hydrogen-bond acceptors (Lipinski definition) is 2. The molecule has 9 heavy (non-hydrogen) atoms. The first-order valence-electron chi connectivity index (χ1n) is 3.00. The number of aliphatic hydroxyl groups is 1. The predicted octanol–water partition coefficient (Wildman–Crippen LogP) is 1.19. The van der Waals surface area contributed by atoms with Crippen molar-refractivity contribution in [2.75, 3.05) is 0 Å². The molecule has 0 aromatic rings. The van der Waals surface area contributed by atoms with E-state index >= 15 is 0 Å². The third kappa shape index (κ3) is 1.33. The summed E-state index contributed by atoms with van der Waals surface area (Å²) >= 11 is 0. The van der Waals surface area contributed by atoms with E-state index in [1.807, 2.05) is 6.92 Å². The molecule has 0 saturated carbocycles. The fourth-order valence-electron chi connectivity index (χ4n) is 0.651. The van der Waals surface area contributed by atoms with E-state index in [4.69, 9.17) is 4.74 Å². The Balaban J connectivity index is 2.67. The molecule has 0 aliphatic carbocycles. The topological polar surface area (TPSA) is 29.5 Å². The van der Waals surface area contributed by atoms with Gasteiger partial charge in [0.25, 0.3) is 0 Å². The predicted molar refractivity (Wildman–Crippen MR) is 34.6 cm³/mol. The molecule has 0 amide bonds. The van der Waals surface area contributed by atoms with Crippen LogP contribution in [0.15, 0.2) is 24.7 Å². The molecule has 0 unspecified atom stereocenters. The average molecular weight is 126 g/mol. The molecule has 0 aromatic carbocycles. The molecule has 0 fully saturated rings. The molecule has 50 valence electrons. The summed E-state index contributed by atoms with van der Waals surface area (Å²) in [6.45, 7) is 1.92. The zero-order valence-electron chi connectivity index (χ0n) is 5.37. The molecule has 0 radical (unpaired) electrons. The molecule has 1 rings (SSSR count). The number of hydrogen-bond donors (Lipinski definition) is 1. The molecular formula is C7H10O2. The van der Waals surface area contributed by atoms with Gasteiger partial charge in [0, 0.05) is 0 Å². The van der Waals surface area contributed by atoms with Crippen LogP contribution in [-0.4, -0.2) is 10.7 Å². The van der Waals surface area contributed by atoms with Crippen LogP contribution < -0.4 is 0 Å². The van der Waals surface area contributed by atoms with Gasteiger partial charge in [0.05, 0.1) is 12.5 Å². The summed E-state index contributed by atoms with van der Waals surface area (Å²) in [6.07, 6.45) is 6.93. The Hall–Kier alpha value is -0.760. The Morgan fingerprint density at radius 2 is 2.00 bits per heavy atom. The second-order valence-corrected chi connectivity index (χ2v) is 2.09. The quantitative estimate of drug-likeness (QED) is 0.571. The first-order valence-corrected chi connectivity index (χ1v) is 3.00. The third-order valence-corrected chi connectivity index (χ3v) is 1.44. The van der Waals surface area contributed by atoms with Crippen molar-refractivity contribution < 1.29 is 9.84 Å². The standard InChI is InChI=1S/C7H10O2/c1-2-7(8)3-5-9-6-4-7/h3-6,8H,2H2,1H3. The SMILES string of the molecule is CCC1(O)C=COC=C1. The summed E-state index contributed by atoms with van der Waals surface area (Å²) in [5, 5.41) is 9.43. The average Bonchev–Trinajstić information content (AvgIpc) is 1.90. The minimum absolute atomic E-state index is 0.684. The Kier molecular flexibility index (Phi) is 1.58. The first kappa shape index (κ1) is 6.36. The van der Waals surface area contributed by atoms with Crippen LogP contribution in [0.2, 0.25) is 0 Å². The summed E-state index contributed by atoms with van der Waals surface area (Å²) < 4.78 is 4.75. The molecule has 2 heteroatoms. The van der Waals surface area contributed by atoms with E-state index < -0.39 is 5.60 Å². The molecule has 0 saturated heterocycles. The summed E-state index contributed by atoms with van der Waals surface area (Å²) in [6, 6.07) is 0. The van der Waals surface area contributed by atoms with Crippen molar-refractivity contribution >= 4 is 0 Å². The molecule has 1 aliphatic rings. The zero-order chi connectivity index (χ0) is 6.74. The smallest absolute Gasteiger partial charge is 0.107 e. The lowest BCUT2D eigenvalue weighted by atomic mass is 10.0. The molecule has 0 atom stereocenters. The number of rotatable bonds is 1. The van der Waals surface area contributed by atoms with E-state index in [1.54, 1.807) is 12.2 Å². The highest BCUT2D eigenvalue weighted by atomic mass is 16.5. The van der Waals surface area contributed by atoms with Crippen molar-refractivity contribution in [3.63, 3.8) is 0 Å². The normalized spacial score (nSPS) is 21.6. The van der Waals surface area contributed by atoms with Crippen LogP contribution in [0.4, 0.5) is 0 Å². The molecule has 0 spiro atoms. The van der Waals surface area contributed by atoms with Gasteiger partial charge < -0.3 is 9.84 Å². The van der Waals surface area contributed by atoms with Crippen LogP contribution in [0.1, 0.15) is 13.3 Å². The highest BCUT2D eigenvalue weighted by Crippen LogP contribution is 2.16. The van der Waals surface area contributed by atoms with E-state index in [0.717, 1.165) is 0 Å². The zero-order valence-corrected chi connectivity index (χ0v) is 5.37. The molecule has 0 bridgehead atoms. The van der Waals surface area contributed by atoms with Gasteiger partial charge in [-0.15, -0.1) is 0 Å². The lowest BCUT2D eigenvalue weighted by Gasteiger charge is -2.19. The lowest BCUT2D eigenvalue weighted by Crippen LogP contribution is -2.22. The van der Waals surface area contributed by atoms with Gasteiger partial charge in [-0.05, 0) is 18.6 Å². The van der Waals surface area contributed by atoms with E-state index in [-0.39, 0.29) is 0 Å². The maximum Gasteiger partial charge on any atom is 0.107 e.